The predicted octanol–water partition coefficient (Wildman–Crippen LogP) is 0.267. The van der Waals surface area contributed by atoms with Crippen molar-refractivity contribution in [2.45, 2.75) is 32.7 Å². The Morgan fingerprint density at radius 1 is 1.58 bits per heavy atom. The third-order valence-corrected chi connectivity index (χ3v) is 1.72. The summed E-state index contributed by atoms with van der Waals surface area (Å²) in [6, 6.07) is 0.151. The molecule has 1 atom stereocenters. The molecule has 4 heteroatoms. The normalized spacial score (nSPS) is 13.3. The molecule has 1 aromatic heterocycles. The van der Waals surface area contributed by atoms with Gasteiger partial charge in [-0.15, -0.1) is 0 Å². The molecule has 4 nitrogen and oxygen atoms in total. The Hall–Kier alpha value is -0.900. The molecule has 0 spiro atoms. The fourth-order valence-corrected chi connectivity index (χ4v) is 1.09. The van der Waals surface area contributed by atoms with Gasteiger partial charge in [0.1, 0.15) is 5.82 Å². The third-order valence-electron chi connectivity index (χ3n) is 1.72. The molecule has 0 saturated heterocycles. The maximum Gasteiger partial charge on any atom is 0.150 e. The number of hydrogen-bond donors (Lipinski definition) is 1. The molecule has 68 valence electrons. The molecule has 0 aliphatic carbocycles. The van der Waals surface area contributed by atoms with E-state index in [4.69, 9.17) is 5.73 Å². The largest absolute Gasteiger partial charge is 0.328 e. The van der Waals surface area contributed by atoms with Gasteiger partial charge < -0.3 is 5.73 Å². The molecular weight excluding hydrogens is 152 g/mol. The van der Waals surface area contributed by atoms with E-state index in [1.165, 1.54) is 0 Å². The summed E-state index contributed by atoms with van der Waals surface area (Å²) in [5, 5.41) is 4.23. The molecule has 0 radical (unpaired) electrons. The van der Waals surface area contributed by atoms with E-state index in [-0.39, 0.29) is 6.04 Å². The lowest BCUT2D eigenvalue weighted by Crippen LogP contribution is -2.20. The molecule has 12 heavy (non-hydrogen) atoms. The van der Waals surface area contributed by atoms with Crippen molar-refractivity contribution >= 4 is 0 Å². The highest BCUT2D eigenvalue weighted by atomic mass is 15.3. The van der Waals surface area contributed by atoms with Gasteiger partial charge in [-0.3, -0.25) is 4.68 Å². The van der Waals surface area contributed by atoms with E-state index in [0.29, 0.717) is 0 Å². The Morgan fingerprint density at radius 2 is 2.25 bits per heavy atom. The standard InChI is InChI=1S/C8H16N4/c1-4-7-10-8(5-6(2)9)12(3)11-7/h6H,4-5,9H2,1-3H3. The Labute approximate surface area is 72.8 Å². The molecule has 2 N–H and O–H groups in total. The summed E-state index contributed by atoms with van der Waals surface area (Å²) in [5.41, 5.74) is 5.66. The van der Waals surface area contributed by atoms with Crippen molar-refractivity contribution in [3.8, 4) is 0 Å². The van der Waals surface area contributed by atoms with Gasteiger partial charge in [-0.25, -0.2) is 4.98 Å². The van der Waals surface area contributed by atoms with Crippen LogP contribution in [0.25, 0.3) is 0 Å². The molecule has 0 saturated carbocycles. The number of aryl methyl sites for hydroxylation is 2. The van der Waals surface area contributed by atoms with E-state index in [1.807, 2.05) is 25.6 Å². The summed E-state index contributed by atoms with van der Waals surface area (Å²) in [5.74, 6) is 1.87. The zero-order valence-corrected chi connectivity index (χ0v) is 7.91. The lowest BCUT2D eigenvalue weighted by atomic mass is 10.2. The van der Waals surface area contributed by atoms with Crippen LogP contribution in [0.1, 0.15) is 25.5 Å². The second kappa shape index (κ2) is 3.67. The molecule has 0 aliphatic rings. The van der Waals surface area contributed by atoms with Crippen molar-refractivity contribution in [1.29, 1.82) is 0 Å². The Morgan fingerprint density at radius 3 is 2.67 bits per heavy atom. The van der Waals surface area contributed by atoms with Crippen LogP contribution in [-0.4, -0.2) is 20.8 Å². The molecule has 0 aliphatic heterocycles. The Kier molecular flexibility index (Phi) is 2.81. The van der Waals surface area contributed by atoms with Crippen molar-refractivity contribution in [3.05, 3.63) is 11.6 Å². The van der Waals surface area contributed by atoms with Gasteiger partial charge in [0.05, 0.1) is 0 Å². The average Bonchev–Trinajstić information content (AvgIpc) is 2.31. The number of nitrogens with zero attached hydrogens (tertiary/aromatic N) is 3. The van der Waals surface area contributed by atoms with Crippen LogP contribution in [0.3, 0.4) is 0 Å². The van der Waals surface area contributed by atoms with Gasteiger partial charge in [-0.2, -0.15) is 5.10 Å². The Balaban J connectivity index is 2.77. The minimum atomic E-state index is 0.151. The third kappa shape index (κ3) is 2.04. The first-order chi connectivity index (χ1) is 5.63. The molecule has 0 aromatic carbocycles. The van der Waals surface area contributed by atoms with Crippen molar-refractivity contribution in [3.63, 3.8) is 0 Å². The molecule has 1 unspecified atom stereocenters. The summed E-state index contributed by atoms with van der Waals surface area (Å²) in [6.45, 7) is 4.02. The van der Waals surface area contributed by atoms with E-state index in [1.54, 1.807) is 0 Å². The van der Waals surface area contributed by atoms with Gasteiger partial charge in [-0.05, 0) is 6.92 Å². The van der Waals surface area contributed by atoms with Crippen LogP contribution < -0.4 is 5.73 Å². The van der Waals surface area contributed by atoms with Gasteiger partial charge in [0.2, 0.25) is 0 Å². The summed E-state index contributed by atoms with van der Waals surface area (Å²) in [4.78, 5) is 4.34. The van der Waals surface area contributed by atoms with Crippen LogP contribution in [0.15, 0.2) is 0 Å². The first-order valence-electron chi connectivity index (χ1n) is 4.27. The number of aromatic nitrogens is 3. The summed E-state index contributed by atoms with van der Waals surface area (Å²) in [6.07, 6.45) is 1.68. The minimum absolute atomic E-state index is 0.151. The zero-order chi connectivity index (χ0) is 9.14. The molecular formula is C8H16N4. The summed E-state index contributed by atoms with van der Waals surface area (Å²) < 4.78 is 1.81. The highest BCUT2D eigenvalue weighted by Gasteiger charge is 2.06. The lowest BCUT2D eigenvalue weighted by molar-refractivity contribution is 0.637. The van der Waals surface area contributed by atoms with Crippen LogP contribution in [0.2, 0.25) is 0 Å². The van der Waals surface area contributed by atoms with E-state index < -0.39 is 0 Å². The molecule has 0 bridgehead atoms. The van der Waals surface area contributed by atoms with Gasteiger partial charge in [0.25, 0.3) is 0 Å². The van der Waals surface area contributed by atoms with Crippen LogP contribution in [0.5, 0.6) is 0 Å². The topological polar surface area (TPSA) is 56.7 Å². The number of rotatable bonds is 3. The van der Waals surface area contributed by atoms with Crippen molar-refractivity contribution < 1.29 is 0 Å². The van der Waals surface area contributed by atoms with E-state index >= 15 is 0 Å². The first kappa shape index (κ1) is 9.19. The second-order valence-corrected chi connectivity index (χ2v) is 3.10. The minimum Gasteiger partial charge on any atom is -0.328 e. The quantitative estimate of drug-likeness (QED) is 0.704. The maximum atomic E-state index is 5.66. The molecule has 0 amide bonds. The Bertz CT molecular complexity index is 252. The van der Waals surface area contributed by atoms with E-state index in [0.717, 1.165) is 24.5 Å². The second-order valence-electron chi connectivity index (χ2n) is 3.10. The molecule has 1 rings (SSSR count). The maximum absolute atomic E-state index is 5.66. The fourth-order valence-electron chi connectivity index (χ4n) is 1.09. The smallest absolute Gasteiger partial charge is 0.150 e. The lowest BCUT2D eigenvalue weighted by Gasteiger charge is -2.02. The SMILES string of the molecule is CCc1nc(CC(C)N)n(C)n1. The fraction of sp³-hybridized carbons (Fsp3) is 0.750. The highest BCUT2D eigenvalue weighted by Crippen LogP contribution is 1.99. The van der Waals surface area contributed by atoms with Crippen LogP contribution in [-0.2, 0) is 19.9 Å². The monoisotopic (exact) mass is 168 g/mol. The predicted molar refractivity (Wildman–Crippen MR) is 47.7 cm³/mol. The number of hydrogen-bond acceptors (Lipinski definition) is 3. The molecule has 1 heterocycles. The van der Waals surface area contributed by atoms with Crippen molar-refractivity contribution in [2.75, 3.05) is 0 Å². The van der Waals surface area contributed by atoms with Crippen molar-refractivity contribution in [1.82, 2.24) is 14.8 Å². The molecule has 1 aromatic rings. The van der Waals surface area contributed by atoms with E-state index in [2.05, 4.69) is 10.1 Å². The van der Waals surface area contributed by atoms with Crippen LogP contribution >= 0.6 is 0 Å². The van der Waals surface area contributed by atoms with Gasteiger partial charge in [0, 0.05) is 25.9 Å². The van der Waals surface area contributed by atoms with E-state index in [9.17, 15) is 0 Å². The van der Waals surface area contributed by atoms with Gasteiger partial charge >= 0.3 is 0 Å². The van der Waals surface area contributed by atoms with Crippen LogP contribution in [0, 0.1) is 0 Å². The van der Waals surface area contributed by atoms with Gasteiger partial charge in [0.15, 0.2) is 5.82 Å². The van der Waals surface area contributed by atoms with Crippen molar-refractivity contribution in [2.24, 2.45) is 12.8 Å². The van der Waals surface area contributed by atoms with Gasteiger partial charge in [-0.1, -0.05) is 6.92 Å². The summed E-state index contributed by atoms with van der Waals surface area (Å²) >= 11 is 0. The zero-order valence-electron chi connectivity index (χ0n) is 7.91. The number of nitrogens with two attached hydrogens (primary N) is 1. The molecule has 0 fully saturated rings. The average molecular weight is 168 g/mol. The first-order valence-corrected chi connectivity index (χ1v) is 4.27. The van der Waals surface area contributed by atoms with Crippen LogP contribution in [0.4, 0.5) is 0 Å². The highest BCUT2D eigenvalue weighted by molar-refractivity contribution is 4.94. The summed E-state index contributed by atoms with van der Waals surface area (Å²) in [7, 11) is 1.91.